The van der Waals surface area contributed by atoms with Crippen molar-refractivity contribution in [2.45, 2.75) is 33.2 Å². The molecule has 94 valence electrons. The Labute approximate surface area is 106 Å². The first-order chi connectivity index (χ1) is 8.13. The highest BCUT2D eigenvalue weighted by molar-refractivity contribution is 6.32. The van der Waals surface area contributed by atoms with Crippen LogP contribution in [0.1, 0.15) is 24.7 Å². The SMILES string of the molecule is CCn1nc(C)c(Cl)c1CC(=O)C1CCNC1. The Morgan fingerprint density at radius 1 is 1.65 bits per heavy atom. The lowest BCUT2D eigenvalue weighted by Gasteiger charge is -2.08. The van der Waals surface area contributed by atoms with Crippen LogP contribution in [0.4, 0.5) is 0 Å². The molecule has 2 heterocycles. The zero-order valence-corrected chi connectivity index (χ0v) is 11.0. The molecule has 4 nitrogen and oxygen atoms in total. The van der Waals surface area contributed by atoms with Gasteiger partial charge in [0.1, 0.15) is 5.78 Å². The number of nitrogens with one attached hydrogen (secondary N) is 1. The van der Waals surface area contributed by atoms with E-state index in [2.05, 4.69) is 10.4 Å². The van der Waals surface area contributed by atoms with Crippen LogP contribution >= 0.6 is 11.6 Å². The second-order valence-corrected chi connectivity index (χ2v) is 4.87. The molecule has 2 rings (SSSR count). The van der Waals surface area contributed by atoms with E-state index in [1.807, 2.05) is 18.5 Å². The Kier molecular flexibility index (Phi) is 3.84. The van der Waals surface area contributed by atoms with Crippen molar-refractivity contribution in [2.75, 3.05) is 13.1 Å². The van der Waals surface area contributed by atoms with Crippen molar-refractivity contribution in [3.8, 4) is 0 Å². The zero-order valence-electron chi connectivity index (χ0n) is 10.3. The van der Waals surface area contributed by atoms with Gasteiger partial charge in [0.25, 0.3) is 0 Å². The molecule has 1 aromatic rings. The third-order valence-electron chi connectivity index (χ3n) is 3.31. The highest BCUT2D eigenvalue weighted by Crippen LogP contribution is 2.22. The first-order valence-corrected chi connectivity index (χ1v) is 6.46. The van der Waals surface area contributed by atoms with E-state index in [1.54, 1.807) is 0 Å². The summed E-state index contributed by atoms with van der Waals surface area (Å²) in [6.45, 7) is 6.37. The minimum atomic E-state index is 0.145. The molecule has 0 amide bonds. The van der Waals surface area contributed by atoms with Crippen LogP contribution in [-0.4, -0.2) is 28.7 Å². The number of carbonyl (C=O) groups excluding carboxylic acids is 1. The Hall–Kier alpha value is -0.870. The van der Waals surface area contributed by atoms with E-state index in [0.717, 1.165) is 37.4 Å². The summed E-state index contributed by atoms with van der Waals surface area (Å²) >= 11 is 6.19. The normalized spacial score (nSPS) is 19.8. The summed E-state index contributed by atoms with van der Waals surface area (Å²) in [7, 11) is 0. The van der Waals surface area contributed by atoms with E-state index < -0.39 is 0 Å². The van der Waals surface area contributed by atoms with Gasteiger partial charge in [-0.15, -0.1) is 0 Å². The number of rotatable bonds is 4. The lowest BCUT2D eigenvalue weighted by molar-refractivity contribution is -0.121. The van der Waals surface area contributed by atoms with E-state index in [4.69, 9.17) is 11.6 Å². The molecule has 1 unspecified atom stereocenters. The number of carbonyl (C=O) groups is 1. The van der Waals surface area contributed by atoms with Crippen LogP contribution < -0.4 is 5.32 Å². The Balaban J connectivity index is 2.14. The van der Waals surface area contributed by atoms with Crippen LogP contribution in [0.5, 0.6) is 0 Å². The summed E-state index contributed by atoms with van der Waals surface area (Å²) in [6, 6.07) is 0. The van der Waals surface area contributed by atoms with Crippen LogP contribution in [0.2, 0.25) is 5.02 Å². The monoisotopic (exact) mass is 255 g/mol. The van der Waals surface area contributed by atoms with Gasteiger partial charge in [-0.1, -0.05) is 11.6 Å². The number of Topliss-reactive ketones (excluding diaryl/α,β-unsaturated/α-hetero) is 1. The topological polar surface area (TPSA) is 46.9 Å². The molecule has 0 radical (unpaired) electrons. The van der Waals surface area contributed by atoms with E-state index >= 15 is 0 Å². The van der Waals surface area contributed by atoms with Gasteiger partial charge in [0.15, 0.2) is 0 Å². The van der Waals surface area contributed by atoms with Crippen LogP contribution in [0.15, 0.2) is 0 Å². The molecular weight excluding hydrogens is 238 g/mol. The first kappa shape index (κ1) is 12.6. The van der Waals surface area contributed by atoms with Crippen LogP contribution in [0, 0.1) is 12.8 Å². The molecule has 0 aromatic carbocycles. The largest absolute Gasteiger partial charge is 0.316 e. The van der Waals surface area contributed by atoms with E-state index in [-0.39, 0.29) is 11.7 Å². The van der Waals surface area contributed by atoms with E-state index in [9.17, 15) is 4.79 Å². The maximum atomic E-state index is 12.1. The minimum absolute atomic E-state index is 0.145. The molecule has 0 saturated carbocycles. The van der Waals surface area contributed by atoms with Gasteiger partial charge in [-0.3, -0.25) is 9.48 Å². The standard InChI is InChI=1S/C12H18ClN3O/c1-3-16-10(12(13)8(2)15-16)6-11(17)9-4-5-14-7-9/h9,14H,3-7H2,1-2H3. The summed E-state index contributed by atoms with van der Waals surface area (Å²) in [4.78, 5) is 12.1. The number of hydrogen-bond acceptors (Lipinski definition) is 3. The highest BCUT2D eigenvalue weighted by atomic mass is 35.5. The van der Waals surface area contributed by atoms with Crippen LogP contribution in [0.3, 0.4) is 0 Å². The van der Waals surface area contributed by atoms with Crippen LogP contribution in [-0.2, 0) is 17.8 Å². The molecule has 0 aliphatic carbocycles. The van der Waals surface area contributed by atoms with Crippen LogP contribution in [0.25, 0.3) is 0 Å². The Morgan fingerprint density at radius 3 is 3.00 bits per heavy atom. The smallest absolute Gasteiger partial charge is 0.143 e. The fraction of sp³-hybridized carbons (Fsp3) is 0.667. The second-order valence-electron chi connectivity index (χ2n) is 4.49. The van der Waals surface area contributed by atoms with Gasteiger partial charge in [-0.25, -0.2) is 0 Å². The molecular formula is C12H18ClN3O. The van der Waals surface area contributed by atoms with Gasteiger partial charge in [-0.2, -0.15) is 5.10 Å². The molecule has 1 atom stereocenters. The summed E-state index contributed by atoms with van der Waals surface area (Å²) in [6.07, 6.45) is 1.34. The maximum Gasteiger partial charge on any atom is 0.143 e. The second kappa shape index (κ2) is 5.19. The average Bonchev–Trinajstić information content (AvgIpc) is 2.92. The third kappa shape index (κ3) is 2.53. The van der Waals surface area contributed by atoms with E-state index in [0.29, 0.717) is 11.4 Å². The number of halogens is 1. The minimum Gasteiger partial charge on any atom is -0.316 e. The molecule has 0 spiro atoms. The summed E-state index contributed by atoms with van der Waals surface area (Å²) in [5.74, 6) is 0.415. The Bertz CT molecular complexity index is 422. The third-order valence-corrected chi connectivity index (χ3v) is 3.80. The number of aromatic nitrogens is 2. The van der Waals surface area contributed by atoms with Gasteiger partial charge in [0.2, 0.25) is 0 Å². The van der Waals surface area contributed by atoms with Crippen molar-refractivity contribution in [1.29, 1.82) is 0 Å². The average molecular weight is 256 g/mol. The zero-order chi connectivity index (χ0) is 12.4. The van der Waals surface area contributed by atoms with Crippen molar-refractivity contribution in [2.24, 2.45) is 5.92 Å². The van der Waals surface area contributed by atoms with Gasteiger partial charge in [0, 0.05) is 19.0 Å². The number of ketones is 1. The fourth-order valence-electron chi connectivity index (χ4n) is 2.28. The van der Waals surface area contributed by atoms with Crippen molar-refractivity contribution in [1.82, 2.24) is 15.1 Å². The van der Waals surface area contributed by atoms with Crippen molar-refractivity contribution < 1.29 is 4.79 Å². The molecule has 1 aromatic heterocycles. The molecule has 1 fully saturated rings. The molecule has 1 N–H and O–H groups in total. The van der Waals surface area contributed by atoms with Crippen molar-refractivity contribution in [3.05, 3.63) is 16.4 Å². The highest BCUT2D eigenvalue weighted by Gasteiger charge is 2.25. The van der Waals surface area contributed by atoms with E-state index in [1.165, 1.54) is 0 Å². The van der Waals surface area contributed by atoms with Crippen molar-refractivity contribution >= 4 is 17.4 Å². The lowest BCUT2D eigenvalue weighted by Crippen LogP contribution is -2.21. The quantitative estimate of drug-likeness (QED) is 0.889. The molecule has 1 aliphatic rings. The lowest BCUT2D eigenvalue weighted by atomic mass is 9.99. The van der Waals surface area contributed by atoms with Gasteiger partial charge in [-0.05, 0) is 26.8 Å². The maximum absolute atomic E-state index is 12.1. The first-order valence-electron chi connectivity index (χ1n) is 6.08. The predicted molar refractivity (Wildman–Crippen MR) is 67.3 cm³/mol. The molecule has 17 heavy (non-hydrogen) atoms. The number of hydrogen-bond donors (Lipinski definition) is 1. The van der Waals surface area contributed by atoms with Crippen molar-refractivity contribution in [3.63, 3.8) is 0 Å². The molecule has 5 heteroatoms. The molecule has 0 bridgehead atoms. The number of aryl methyl sites for hydroxylation is 2. The predicted octanol–water partition coefficient (Wildman–Crippen LogP) is 1.59. The van der Waals surface area contributed by atoms with Gasteiger partial charge < -0.3 is 5.32 Å². The van der Waals surface area contributed by atoms with Gasteiger partial charge in [0.05, 0.1) is 22.8 Å². The summed E-state index contributed by atoms with van der Waals surface area (Å²) < 4.78 is 1.83. The summed E-state index contributed by atoms with van der Waals surface area (Å²) in [5.41, 5.74) is 1.67. The number of nitrogens with zero attached hydrogens (tertiary/aromatic N) is 2. The fourth-order valence-corrected chi connectivity index (χ4v) is 2.48. The Morgan fingerprint density at radius 2 is 2.41 bits per heavy atom. The molecule has 1 aliphatic heterocycles. The van der Waals surface area contributed by atoms with Gasteiger partial charge >= 0.3 is 0 Å². The summed E-state index contributed by atoms with van der Waals surface area (Å²) in [5, 5.41) is 8.18. The molecule has 1 saturated heterocycles.